The summed E-state index contributed by atoms with van der Waals surface area (Å²) in [6.07, 6.45) is 1.42. The average Bonchev–Trinajstić information content (AvgIpc) is 2.97. The lowest BCUT2D eigenvalue weighted by Gasteiger charge is -2.17. The first kappa shape index (κ1) is 15.0. The van der Waals surface area contributed by atoms with Crippen LogP contribution >= 0.6 is 11.3 Å². The Hall–Kier alpha value is -2.41. The van der Waals surface area contributed by atoms with Crippen molar-refractivity contribution < 1.29 is 14.7 Å². The van der Waals surface area contributed by atoms with Gasteiger partial charge in [0.1, 0.15) is 0 Å². The van der Waals surface area contributed by atoms with Crippen LogP contribution in [0.4, 0.5) is 4.79 Å². The second-order valence-corrected chi connectivity index (χ2v) is 5.27. The minimum absolute atomic E-state index is 0.154. The van der Waals surface area contributed by atoms with E-state index in [1.807, 2.05) is 16.8 Å². The lowest BCUT2D eigenvalue weighted by molar-refractivity contribution is 0.0696. The van der Waals surface area contributed by atoms with Gasteiger partial charge in [-0.25, -0.2) is 9.59 Å². The monoisotopic (exact) mass is 305 g/mol. The van der Waals surface area contributed by atoms with Crippen LogP contribution < -0.4 is 5.32 Å². The van der Waals surface area contributed by atoms with Crippen molar-refractivity contribution in [3.8, 4) is 0 Å². The van der Waals surface area contributed by atoms with Crippen LogP contribution in [-0.2, 0) is 13.1 Å². The van der Waals surface area contributed by atoms with E-state index in [0.717, 1.165) is 5.56 Å². The molecule has 0 aliphatic rings. The third kappa shape index (κ3) is 4.28. The van der Waals surface area contributed by atoms with Crippen molar-refractivity contribution in [1.29, 1.82) is 0 Å². The Kier molecular flexibility index (Phi) is 4.89. The number of aromatic nitrogens is 1. The molecule has 0 aromatic carbocycles. The number of nitrogens with zero attached hydrogens (tertiary/aromatic N) is 2. The quantitative estimate of drug-likeness (QED) is 0.887. The molecule has 0 fully saturated rings. The molecule has 0 aliphatic carbocycles. The minimum atomic E-state index is -1.01. The topological polar surface area (TPSA) is 82.5 Å². The van der Waals surface area contributed by atoms with Crippen LogP contribution in [0.2, 0.25) is 0 Å². The first-order valence-corrected chi connectivity index (χ1v) is 7.19. The number of thiophene rings is 1. The molecule has 0 unspecified atom stereocenters. The van der Waals surface area contributed by atoms with Gasteiger partial charge in [0.15, 0.2) is 0 Å². The van der Waals surface area contributed by atoms with Gasteiger partial charge < -0.3 is 15.3 Å². The number of nitrogens with one attached hydrogen (secondary N) is 1. The predicted molar refractivity (Wildman–Crippen MR) is 79.2 cm³/mol. The third-order valence-electron chi connectivity index (χ3n) is 2.83. The summed E-state index contributed by atoms with van der Waals surface area (Å²) >= 11 is 1.58. The summed E-state index contributed by atoms with van der Waals surface area (Å²) in [5.74, 6) is -1.01. The second kappa shape index (κ2) is 6.85. The van der Waals surface area contributed by atoms with Crippen LogP contribution in [0.5, 0.6) is 0 Å². The van der Waals surface area contributed by atoms with Crippen molar-refractivity contribution >= 4 is 23.3 Å². The molecule has 0 aliphatic heterocycles. The normalized spacial score (nSPS) is 10.1. The first-order chi connectivity index (χ1) is 10.1. The molecule has 110 valence electrons. The molecular formula is C14H15N3O3S. The summed E-state index contributed by atoms with van der Waals surface area (Å²) in [6.45, 7) is 0.714. The zero-order valence-electron chi connectivity index (χ0n) is 11.4. The maximum absolute atomic E-state index is 11.9. The molecule has 0 saturated heterocycles. The Balaban J connectivity index is 1.88. The van der Waals surface area contributed by atoms with E-state index in [2.05, 4.69) is 10.3 Å². The highest BCUT2D eigenvalue weighted by atomic mass is 32.1. The minimum Gasteiger partial charge on any atom is -0.478 e. The largest absolute Gasteiger partial charge is 0.478 e. The summed E-state index contributed by atoms with van der Waals surface area (Å²) in [5, 5.41) is 15.6. The number of rotatable bonds is 5. The van der Waals surface area contributed by atoms with Crippen molar-refractivity contribution in [2.75, 3.05) is 7.05 Å². The van der Waals surface area contributed by atoms with Gasteiger partial charge in [0.05, 0.1) is 17.8 Å². The third-order valence-corrected chi connectivity index (χ3v) is 3.56. The van der Waals surface area contributed by atoms with Crippen LogP contribution in [0, 0.1) is 0 Å². The standard InChI is InChI=1S/C14H15N3O3S/c1-17(8-10-3-5-21-9-10)14(20)16-7-12-6-11(13(18)19)2-4-15-12/h2-6,9H,7-8H2,1H3,(H,16,20)(H,18,19). The molecule has 2 aromatic rings. The Morgan fingerprint density at radius 3 is 2.90 bits per heavy atom. The van der Waals surface area contributed by atoms with Crippen molar-refractivity contribution in [2.45, 2.75) is 13.1 Å². The van der Waals surface area contributed by atoms with Gasteiger partial charge in [0, 0.05) is 19.8 Å². The van der Waals surface area contributed by atoms with Gasteiger partial charge >= 0.3 is 12.0 Å². The number of urea groups is 1. The Bertz CT molecular complexity index is 628. The summed E-state index contributed by atoms with van der Waals surface area (Å²) in [6, 6.07) is 4.59. The lowest BCUT2D eigenvalue weighted by Crippen LogP contribution is -2.36. The number of carboxylic acids is 1. The van der Waals surface area contributed by atoms with E-state index >= 15 is 0 Å². The molecule has 0 atom stereocenters. The maximum atomic E-state index is 11.9. The molecule has 0 bridgehead atoms. The van der Waals surface area contributed by atoms with Crippen LogP contribution in [0.1, 0.15) is 21.6 Å². The summed E-state index contributed by atoms with van der Waals surface area (Å²) in [7, 11) is 1.70. The van der Waals surface area contributed by atoms with Gasteiger partial charge in [-0.15, -0.1) is 0 Å². The van der Waals surface area contributed by atoms with Crippen LogP contribution in [0.15, 0.2) is 35.2 Å². The number of hydrogen-bond donors (Lipinski definition) is 2. The van der Waals surface area contributed by atoms with Gasteiger partial charge in [-0.2, -0.15) is 11.3 Å². The number of carbonyl (C=O) groups excluding carboxylic acids is 1. The molecule has 2 N–H and O–H groups in total. The van der Waals surface area contributed by atoms with Gasteiger partial charge in [0.2, 0.25) is 0 Å². The predicted octanol–water partition coefficient (Wildman–Crippen LogP) is 2.18. The lowest BCUT2D eigenvalue weighted by atomic mass is 10.2. The SMILES string of the molecule is CN(Cc1ccsc1)C(=O)NCc1cc(C(=O)O)ccn1. The van der Waals surface area contributed by atoms with Crippen LogP contribution in [-0.4, -0.2) is 34.0 Å². The van der Waals surface area contributed by atoms with Gasteiger partial charge in [-0.3, -0.25) is 4.98 Å². The van der Waals surface area contributed by atoms with E-state index in [1.165, 1.54) is 18.3 Å². The second-order valence-electron chi connectivity index (χ2n) is 4.49. The molecule has 0 radical (unpaired) electrons. The van der Waals surface area contributed by atoms with Crippen molar-refractivity contribution in [3.63, 3.8) is 0 Å². The Labute approximate surface area is 126 Å². The number of carbonyl (C=O) groups is 2. The van der Waals surface area contributed by atoms with Crippen molar-refractivity contribution in [3.05, 3.63) is 52.0 Å². The van der Waals surface area contributed by atoms with Gasteiger partial charge in [-0.05, 0) is 34.5 Å². The molecule has 2 amide bonds. The highest BCUT2D eigenvalue weighted by molar-refractivity contribution is 7.07. The number of pyridine rings is 1. The molecule has 6 nitrogen and oxygen atoms in total. The van der Waals surface area contributed by atoms with Crippen LogP contribution in [0.3, 0.4) is 0 Å². The number of aromatic carboxylic acids is 1. The van der Waals surface area contributed by atoms with Crippen LogP contribution in [0.25, 0.3) is 0 Å². The van der Waals surface area contributed by atoms with E-state index < -0.39 is 5.97 Å². The molecular weight excluding hydrogens is 290 g/mol. The molecule has 2 rings (SSSR count). The fourth-order valence-electron chi connectivity index (χ4n) is 1.74. The van der Waals surface area contributed by atoms with E-state index in [1.54, 1.807) is 23.3 Å². The summed E-state index contributed by atoms with van der Waals surface area (Å²) in [4.78, 5) is 28.4. The number of hydrogen-bond acceptors (Lipinski definition) is 4. The highest BCUT2D eigenvalue weighted by Gasteiger charge is 2.10. The Morgan fingerprint density at radius 1 is 1.43 bits per heavy atom. The number of carboxylic acid groups (broad SMARTS) is 1. The summed E-state index contributed by atoms with van der Waals surface area (Å²) in [5.41, 5.74) is 1.73. The molecule has 2 aromatic heterocycles. The van der Waals surface area contributed by atoms with E-state index in [4.69, 9.17) is 5.11 Å². The molecule has 2 heterocycles. The zero-order valence-corrected chi connectivity index (χ0v) is 12.3. The maximum Gasteiger partial charge on any atom is 0.335 e. The molecule has 21 heavy (non-hydrogen) atoms. The van der Waals surface area contributed by atoms with E-state index in [0.29, 0.717) is 12.2 Å². The smallest absolute Gasteiger partial charge is 0.335 e. The first-order valence-electron chi connectivity index (χ1n) is 6.24. The highest BCUT2D eigenvalue weighted by Crippen LogP contribution is 2.08. The molecule has 7 heteroatoms. The van der Waals surface area contributed by atoms with Crippen molar-refractivity contribution in [2.24, 2.45) is 0 Å². The fourth-order valence-corrected chi connectivity index (χ4v) is 2.40. The van der Waals surface area contributed by atoms with Gasteiger partial charge in [0.25, 0.3) is 0 Å². The Morgan fingerprint density at radius 2 is 2.24 bits per heavy atom. The molecule has 0 saturated carbocycles. The van der Waals surface area contributed by atoms with Gasteiger partial charge in [-0.1, -0.05) is 0 Å². The number of amides is 2. The fraction of sp³-hybridized carbons (Fsp3) is 0.214. The zero-order chi connectivity index (χ0) is 15.2. The van der Waals surface area contributed by atoms with Crippen molar-refractivity contribution in [1.82, 2.24) is 15.2 Å². The average molecular weight is 305 g/mol. The molecule has 0 spiro atoms. The van der Waals surface area contributed by atoms with E-state index in [9.17, 15) is 9.59 Å². The van der Waals surface area contributed by atoms with E-state index in [-0.39, 0.29) is 18.1 Å². The summed E-state index contributed by atoms with van der Waals surface area (Å²) < 4.78 is 0.